The zero-order chi connectivity index (χ0) is 28.2. The molecule has 0 bridgehead atoms. The Morgan fingerprint density at radius 1 is 1.13 bits per heavy atom. The molecule has 2 amide bonds. The highest BCUT2D eigenvalue weighted by Crippen LogP contribution is 2.30. The molecule has 2 aliphatic rings. The summed E-state index contributed by atoms with van der Waals surface area (Å²) in [4.78, 5) is 44.7. The Bertz CT molecular complexity index is 1120. The van der Waals surface area contributed by atoms with E-state index < -0.39 is 12.1 Å². The number of fused-ring (bicyclic) bond motifs is 1. The lowest BCUT2D eigenvalue weighted by molar-refractivity contribution is -0.137. The molecule has 1 saturated heterocycles. The van der Waals surface area contributed by atoms with E-state index in [2.05, 4.69) is 16.5 Å². The van der Waals surface area contributed by atoms with Crippen molar-refractivity contribution in [1.29, 1.82) is 0 Å². The van der Waals surface area contributed by atoms with Gasteiger partial charge >= 0.3 is 5.97 Å². The van der Waals surface area contributed by atoms with Gasteiger partial charge in [-0.2, -0.15) is 0 Å². The Balaban J connectivity index is 1.87. The minimum Gasteiger partial charge on any atom is -0.458 e. The summed E-state index contributed by atoms with van der Waals surface area (Å²) in [7, 11) is 0. The van der Waals surface area contributed by atoms with Crippen LogP contribution in [0, 0.1) is 13.8 Å². The number of esters is 1. The first-order valence-corrected chi connectivity index (χ1v) is 14.2. The highest BCUT2D eigenvalue weighted by molar-refractivity contribution is 6.33. The van der Waals surface area contributed by atoms with Gasteiger partial charge in [-0.3, -0.25) is 9.59 Å². The van der Waals surface area contributed by atoms with Crippen LogP contribution in [0.15, 0.2) is 35.5 Å². The number of hydrogen-bond acceptors (Lipinski definition) is 6. The number of halogens is 1. The number of allylic oxidation sites excluding steroid dienone is 3. The topological polar surface area (TPSA) is 97.3 Å². The molecule has 212 valence electrons. The zero-order valence-electron chi connectivity index (χ0n) is 23.3. The van der Waals surface area contributed by atoms with Crippen molar-refractivity contribution in [3.8, 4) is 0 Å². The highest BCUT2D eigenvalue weighted by Gasteiger charge is 2.24. The maximum atomic E-state index is 13.5. The van der Waals surface area contributed by atoms with Crippen LogP contribution in [0.25, 0.3) is 0 Å². The van der Waals surface area contributed by atoms with E-state index in [1.165, 1.54) is 6.92 Å². The van der Waals surface area contributed by atoms with Crippen molar-refractivity contribution in [3.05, 3.63) is 57.6 Å². The lowest BCUT2D eigenvalue weighted by Crippen LogP contribution is -2.37. The van der Waals surface area contributed by atoms with Crippen molar-refractivity contribution in [2.75, 3.05) is 26.2 Å². The van der Waals surface area contributed by atoms with E-state index in [9.17, 15) is 14.4 Å². The van der Waals surface area contributed by atoms with Crippen molar-refractivity contribution in [2.24, 2.45) is 5.16 Å². The molecule has 2 aliphatic heterocycles. The first-order valence-electron chi connectivity index (χ1n) is 13.8. The van der Waals surface area contributed by atoms with Gasteiger partial charge in [0.05, 0.1) is 11.3 Å². The fraction of sp³-hybridized carbons (Fsp3) is 0.533. The average Bonchev–Trinajstić information content (AvgIpc) is 2.90. The van der Waals surface area contributed by atoms with Crippen LogP contribution in [0.3, 0.4) is 0 Å². The summed E-state index contributed by atoms with van der Waals surface area (Å²) < 4.78 is 5.95. The Labute approximate surface area is 236 Å². The van der Waals surface area contributed by atoms with Gasteiger partial charge in [0, 0.05) is 50.8 Å². The molecule has 39 heavy (non-hydrogen) atoms. The summed E-state index contributed by atoms with van der Waals surface area (Å²) in [6, 6.07) is 1.87. The van der Waals surface area contributed by atoms with Crippen LogP contribution in [0.1, 0.15) is 78.9 Å². The van der Waals surface area contributed by atoms with Crippen molar-refractivity contribution >= 4 is 35.1 Å². The number of cyclic esters (lactones) is 1. The molecule has 0 aromatic heterocycles. The maximum absolute atomic E-state index is 13.5. The number of nitrogens with one attached hydrogen (secondary N) is 1. The number of benzene rings is 1. The maximum Gasteiger partial charge on any atom is 0.339 e. The van der Waals surface area contributed by atoms with Crippen LogP contribution >= 0.6 is 11.6 Å². The fourth-order valence-electron chi connectivity index (χ4n) is 4.83. The fourth-order valence-corrected chi connectivity index (χ4v) is 5.04. The monoisotopic (exact) mass is 557 g/mol. The third kappa shape index (κ3) is 9.53. The van der Waals surface area contributed by atoms with Crippen molar-refractivity contribution in [2.45, 2.75) is 78.2 Å². The second-order valence-electron chi connectivity index (χ2n) is 10.1. The molecule has 0 saturated carbocycles. The highest BCUT2D eigenvalue weighted by atomic mass is 35.5. The molecule has 0 aliphatic carbocycles. The molecule has 1 atom stereocenters. The van der Waals surface area contributed by atoms with Crippen LogP contribution in [0.5, 0.6) is 0 Å². The molecule has 1 fully saturated rings. The van der Waals surface area contributed by atoms with Crippen LogP contribution in [-0.2, 0) is 25.6 Å². The normalized spacial score (nSPS) is 21.3. The largest absolute Gasteiger partial charge is 0.458 e. The predicted molar refractivity (Wildman–Crippen MR) is 153 cm³/mol. The number of likely N-dealkylation sites (tertiary alicyclic amines) is 1. The molecule has 8 nitrogen and oxygen atoms in total. The third-order valence-electron chi connectivity index (χ3n) is 6.87. The summed E-state index contributed by atoms with van der Waals surface area (Å²) in [5.41, 5.74) is 3.18. The summed E-state index contributed by atoms with van der Waals surface area (Å²) in [5, 5.41) is 7.54. The molecule has 9 heteroatoms. The first-order chi connectivity index (χ1) is 18.8. The van der Waals surface area contributed by atoms with E-state index in [0.717, 1.165) is 56.3 Å². The third-order valence-corrected chi connectivity index (χ3v) is 7.40. The van der Waals surface area contributed by atoms with Crippen molar-refractivity contribution in [3.63, 3.8) is 0 Å². The standard InChI is InChI=1S/C30H40ClN3O5/c1-21-18-22(2)29(31)26-19-24(33-38-20-27(36)34-16-10-7-11-17-34)12-8-5-4-6-9-13-25(14-15-32-23(3)35)39-30(37)28(21)26/h6,8-9,12,18,25H,4-5,7,10-11,13-17,19-20H2,1-3H3,(H,32,35)/b9-6+,12-8+,33-24?. The van der Waals surface area contributed by atoms with Crippen LogP contribution in [0.2, 0.25) is 5.02 Å². The molecule has 1 aromatic carbocycles. The molecule has 1 N–H and O–H groups in total. The van der Waals surface area contributed by atoms with Gasteiger partial charge in [-0.05, 0) is 68.7 Å². The van der Waals surface area contributed by atoms with E-state index in [0.29, 0.717) is 41.2 Å². The number of hydrogen-bond donors (Lipinski definition) is 1. The molecule has 1 unspecified atom stereocenters. The molecular weight excluding hydrogens is 518 g/mol. The van der Waals surface area contributed by atoms with E-state index in [1.54, 1.807) is 0 Å². The number of aryl methyl sites for hydroxylation is 2. The van der Waals surface area contributed by atoms with Crippen LogP contribution in [-0.4, -0.2) is 60.7 Å². The van der Waals surface area contributed by atoms with Crippen molar-refractivity contribution < 1.29 is 24.0 Å². The van der Waals surface area contributed by atoms with Gasteiger partial charge in [-0.25, -0.2) is 4.79 Å². The number of oxime groups is 1. The van der Waals surface area contributed by atoms with Gasteiger partial charge in [0.15, 0.2) is 6.61 Å². The Morgan fingerprint density at radius 2 is 1.87 bits per heavy atom. The van der Waals surface area contributed by atoms with E-state index >= 15 is 0 Å². The lowest BCUT2D eigenvalue weighted by Gasteiger charge is -2.26. The summed E-state index contributed by atoms with van der Waals surface area (Å²) in [5.74, 6) is -0.667. The molecule has 2 heterocycles. The van der Waals surface area contributed by atoms with Crippen LogP contribution in [0.4, 0.5) is 0 Å². The van der Waals surface area contributed by atoms with E-state index in [4.69, 9.17) is 21.2 Å². The quantitative estimate of drug-likeness (QED) is 0.293. The van der Waals surface area contributed by atoms with E-state index in [1.807, 2.05) is 43.0 Å². The molecule has 0 radical (unpaired) electrons. The van der Waals surface area contributed by atoms with Gasteiger partial charge < -0.3 is 19.8 Å². The molecule has 3 rings (SSSR count). The summed E-state index contributed by atoms with van der Waals surface area (Å²) in [6.45, 7) is 7.00. The van der Waals surface area contributed by atoms with Crippen LogP contribution < -0.4 is 5.32 Å². The Morgan fingerprint density at radius 3 is 2.62 bits per heavy atom. The minimum absolute atomic E-state index is 0.0759. The number of amides is 2. The smallest absolute Gasteiger partial charge is 0.339 e. The summed E-state index contributed by atoms with van der Waals surface area (Å²) in [6.07, 6.45) is 13.6. The Kier molecular flexibility index (Phi) is 12.1. The number of piperidine rings is 1. The second-order valence-corrected chi connectivity index (χ2v) is 10.5. The molecular formula is C30H40ClN3O5. The molecule has 0 spiro atoms. The number of carbonyl (C=O) groups is 3. The first kappa shape index (κ1) is 30.4. The van der Waals surface area contributed by atoms with Gasteiger partial charge in [0.25, 0.3) is 5.91 Å². The van der Waals surface area contributed by atoms with Gasteiger partial charge in [-0.15, -0.1) is 0 Å². The van der Waals surface area contributed by atoms with Gasteiger partial charge in [0.2, 0.25) is 5.91 Å². The number of rotatable bonds is 6. The predicted octanol–water partition coefficient (Wildman–Crippen LogP) is 5.23. The minimum atomic E-state index is -0.466. The van der Waals surface area contributed by atoms with Gasteiger partial charge in [-0.1, -0.05) is 41.1 Å². The molecule has 1 aromatic rings. The second kappa shape index (κ2) is 15.5. The van der Waals surface area contributed by atoms with Gasteiger partial charge in [0.1, 0.15) is 6.10 Å². The van der Waals surface area contributed by atoms with E-state index in [-0.39, 0.29) is 24.8 Å². The lowest BCUT2D eigenvalue weighted by atomic mass is 9.94. The average molecular weight is 558 g/mol. The number of carbonyl (C=O) groups excluding carboxylic acids is 3. The SMILES string of the molecule is CC(=O)NCCC1C/C=C/CC/C=C/C(=NOCC(=O)N2CCCCC2)Cc2c(Cl)c(C)cc(C)c2C(=O)O1. The zero-order valence-corrected chi connectivity index (χ0v) is 24.0. The van der Waals surface area contributed by atoms with Crippen molar-refractivity contribution in [1.82, 2.24) is 10.2 Å². The number of ether oxygens (including phenoxy) is 1. The number of nitrogens with zero attached hydrogens (tertiary/aromatic N) is 2. The Hall–Kier alpha value is -3.13. The summed E-state index contributed by atoms with van der Waals surface area (Å²) >= 11 is 6.76.